The fourth-order valence-electron chi connectivity index (χ4n) is 0.906. The van der Waals surface area contributed by atoms with Crippen molar-refractivity contribution >= 4 is 5.65 Å². The second kappa shape index (κ2) is 1.76. The van der Waals surface area contributed by atoms with Crippen LogP contribution in [0.3, 0.4) is 0 Å². The lowest BCUT2D eigenvalue weighted by molar-refractivity contribution is -0.704. The molecule has 0 atom stereocenters. The zero-order chi connectivity index (χ0) is 6.97. The monoisotopic (exact) mass is 135 g/mol. The Kier molecular flexibility index (Phi) is 0.943. The van der Waals surface area contributed by atoms with Crippen molar-refractivity contribution in [1.29, 1.82) is 0 Å². The topological polar surface area (TPSA) is 34.1 Å². The molecule has 4 nitrogen and oxygen atoms in total. The predicted octanol–water partition coefficient (Wildman–Crippen LogP) is -0.446. The first-order chi connectivity index (χ1) is 4.88. The molecule has 2 heterocycles. The van der Waals surface area contributed by atoms with Gasteiger partial charge in [0.05, 0.1) is 6.20 Å². The lowest BCUT2D eigenvalue weighted by Crippen LogP contribution is -2.30. The first kappa shape index (κ1) is 5.34. The van der Waals surface area contributed by atoms with Gasteiger partial charge < -0.3 is 0 Å². The molecule has 0 aliphatic heterocycles. The highest BCUT2D eigenvalue weighted by atomic mass is 15.4. The minimum atomic E-state index is 0.988. The van der Waals surface area contributed by atoms with E-state index in [1.54, 1.807) is 21.7 Å². The molecule has 0 fully saturated rings. The van der Waals surface area contributed by atoms with Crippen LogP contribution in [-0.4, -0.2) is 14.7 Å². The molecule has 50 valence electrons. The quantitative estimate of drug-likeness (QED) is 0.459. The summed E-state index contributed by atoms with van der Waals surface area (Å²) in [5.41, 5.74) is 0.988. The highest BCUT2D eigenvalue weighted by Crippen LogP contribution is 1.88. The van der Waals surface area contributed by atoms with E-state index in [-0.39, 0.29) is 0 Å². The SMILES string of the molecule is C[n+]1ncn2ncccc21. The summed E-state index contributed by atoms with van der Waals surface area (Å²) in [7, 11) is 1.89. The third-order valence-corrected chi connectivity index (χ3v) is 1.42. The Morgan fingerprint density at radius 3 is 3.30 bits per heavy atom. The van der Waals surface area contributed by atoms with Gasteiger partial charge in [0.15, 0.2) is 0 Å². The second-order valence-electron chi connectivity index (χ2n) is 2.08. The molecule has 2 aromatic rings. The maximum Gasteiger partial charge on any atom is 0.328 e. The van der Waals surface area contributed by atoms with Crippen molar-refractivity contribution in [3.63, 3.8) is 0 Å². The highest BCUT2D eigenvalue weighted by Gasteiger charge is 2.04. The van der Waals surface area contributed by atoms with Crippen LogP contribution < -0.4 is 4.68 Å². The molecule has 4 heteroatoms. The molecule has 2 rings (SSSR count). The van der Waals surface area contributed by atoms with E-state index >= 15 is 0 Å². The molecule has 0 radical (unpaired) electrons. The normalized spacial score (nSPS) is 10.5. The first-order valence-electron chi connectivity index (χ1n) is 3.02. The Bertz CT molecular complexity index is 351. The fourth-order valence-corrected chi connectivity index (χ4v) is 0.906. The van der Waals surface area contributed by atoms with Crippen molar-refractivity contribution in [2.45, 2.75) is 0 Å². The fraction of sp³-hybridized carbons (Fsp3) is 0.167. The smallest absolute Gasteiger partial charge is 0.131 e. The van der Waals surface area contributed by atoms with Gasteiger partial charge in [-0.3, -0.25) is 0 Å². The molecule has 0 saturated heterocycles. The van der Waals surface area contributed by atoms with Crippen LogP contribution >= 0.6 is 0 Å². The Morgan fingerprint density at radius 2 is 2.50 bits per heavy atom. The number of aromatic nitrogens is 4. The third-order valence-electron chi connectivity index (χ3n) is 1.42. The van der Waals surface area contributed by atoms with Gasteiger partial charge in [-0.2, -0.15) is 0 Å². The molecule has 0 aliphatic rings. The lowest BCUT2D eigenvalue weighted by Gasteiger charge is -1.79. The van der Waals surface area contributed by atoms with Crippen LogP contribution in [0.4, 0.5) is 0 Å². The molecule has 0 saturated carbocycles. The van der Waals surface area contributed by atoms with Crippen LogP contribution in [0.5, 0.6) is 0 Å². The molecule has 10 heavy (non-hydrogen) atoms. The molecule has 0 spiro atoms. The van der Waals surface area contributed by atoms with E-state index in [0.717, 1.165) is 5.65 Å². The minimum absolute atomic E-state index is 0.988. The van der Waals surface area contributed by atoms with E-state index in [0.29, 0.717) is 0 Å². The van der Waals surface area contributed by atoms with Gasteiger partial charge >= 0.3 is 5.65 Å². The molecule has 0 amide bonds. The van der Waals surface area contributed by atoms with E-state index in [1.165, 1.54) is 0 Å². The van der Waals surface area contributed by atoms with Crippen LogP contribution in [0.1, 0.15) is 0 Å². The summed E-state index contributed by atoms with van der Waals surface area (Å²) >= 11 is 0. The van der Waals surface area contributed by atoms with Gasteiger partial charge in [0.1, 0.15) is 7.05 Å². The maximum absolute atomic E-state index is 4.04. The van der Waals surface area contributed by atoms with Crippen molar-refractivity contribution < 1.29 is 4.68 Å². The van der Waals surface area contributed by atoms with Gasteiger partial charge in [-0.15, -0.1) is 4.68 Å². The average molecular weight is 135 g/mol. The Hall–Kier alpha value is -1.45. The van der Waals surface area contributed by atoms with Crippen molar-refractivity contribution in [3.8, 4) is 0 Å². The second-order valence-corrected chi connectivity index (χ2v) is 2.08. The van der Waals surface area contributed by atoms with Crippen molar-refractivity contribution in [2.24, 2.45) is 7.05 Å². The molecule has 0 aliphatic carbocycles. The standard InChI is InChI=1S/C6H7N4/c1-9-6-3-2-4-7-10(6)5-8-9/h2-5H,1H3/q+1. The van der Waals surface area contributed by atoms with E-state index in [1.807, 2.05) is 19.2 Å². The molecule has 0 N–H and O–H groups in total. The number of aryl methyl sites for hydroxylation is 1. The summed E-state index contributed by atoms with van der Waals surface area (Å²) in [5, 5.41) is 8.05. The minimum Gasteiger partial charge on any atom is -0.131 e. The van der Waals surface area contributed by atoms with E-state index in [2.05, 4.69) is 10.2 Å². The summed E-state index contributed by atoms with van der Waals surface area (Å²) in [6.07, 6.45) is 3.41. The Morgan fingerprint density at radius 1 is 1.60 bits per heavy atom. The van der Waals surface area contributed by atoms with Crippen LogP contribution in [-0.2, 0) is 7.05 Å². The Labute approximate surface area is 57.7 Å². The van der Waals surface area contributed by atoms with Crippen LogP contribution in [0, 0.1) is 0 Å². The number of hydrogen-bond donors (Lipinski definition) is 0. The zero-order valence-electron chi connectivity index (χ0n) is 5.60. The highest BCUT2D eigenvalue weighted by molar-refractivity contribution is 5.26. The summed E-state index contributed by atoms with van der Waals surface area (Å²) in [5.74, 6) is 0. The van der Waals surface area contributed by atoms with Gasteiger partial charge in [0, 0.05) is 6.07 Å². The van der Waals surface area contributed by atoms with E-state index in [9.17, 15) is 0 Å². The van der Waals surface area contributed by atoms with E-state index in [4.69, 9.17) is 0 Å². The van der Waals surface area contributed by atoms with Gasteiger partial charge in [0.2, 0.25) is 0 Å². The number of hydrogen-bond acceptors (Lipinski definition) is 2. The molecule has 2 aromatic heterocycles. The molecule has 0 unspecified atom stereocenters. The predicted molar refractivity (Wildman–Crippen MR) is 34.2 cm³/mol. The van der Waals surface area contributed by atoms with Crippen molar-refractivity contribution in [3.05, 3.63) is 24.7 Å². The third kappa shape index (κ3) is 0.586. The number of rotatable bonds is 0. The first-order valence-corrected chi connectivity index (χ1v) is 3.02. The summed E-state index contributed by atoms with van der Waals surface area (Å²) < 4.78 is 3.49. The average Bonchev–Trinajstić information content (AvgIpc) is 2.34. The van der Waals surface area contributed by atoms with Crippen LogP contribution in [0.2, 0.25) is 0 Å². The zero-order valence-corrected chi connectivity index (χ0v) is 5.60. The maximum atomic E-state index is 4.04. The van der Waals surface area contributed by atoms with Gasteiger partial charge in [-0.05, 0) is 11.2 Å². The number of fused-ring (bicyclic) bond motifs is 1. The van der Waals surface area contributed by atoms with Gasteiger partial charge in [-0.25, -0.2) is 0 Å². The Balaban J connectivity index is 2.93. The summed E-state index contributed by atoms with van der Waals surface area (Å²) in [4.78, 5) is 0. The molecule has 0 bridgehead atoms. The number of nitrogens with zero attached hydrogens (tertiary/aromatic N) is 4. The van der Waals surface area contributed by atoms with Crippen molar-refractivity contribution in [2.75, 3.05) is 0 Å². The summed E-state index contributed by atoms with van der Waals surface area (Å²) in [6.45, 7) is 0. The molecular formula is C6H7N4+. The van der Waals surface area contributed by atoms with Crippen molar-refractivity contribution in [1.82, 2.24) is 14.7 Å². The van der Waals surface area contributed by atoms with Crippen LogP contribution in [0.15, 0.2) is 24.7 Å². The summed E-state index contributed by atoms with van der Waals surface area (Å²) in [6, 6.07) is 3.84. The van der Waals surface area contributed by atoms with Gasteiger partial charge in [-0.1, -0.05) is 9.61 Å². The molecular weight excluding hydrogens is 128 g/mol. The lowest BCUT2D eigenvalue weighted by atomic mass is 10.6. The molecule has 0 aromatic carbocycles. The largest absolute Gasteiger partial charge is 0.328 e. The van der Waals surface area contributed by atoms with Crippen LogP contribution in [0.25, 0.3) is 5.65 Å². The van der Waals surface area contributed by atoms with E-state index < -0.39 is 0 Å². The van der Waals surface area contributed by atoms with Gasteiger partial charge in [0.25, 0.3) is 6.33 Å².